The van der Waals surface area contributed by atoms with Crippen molar-refractivity contribution in [2.24, 2.45) is 4.99 Å². The van der Waals surface area contributed by atoms with Crippen molar-refractivity contribution in [3.63, 3.8) is 0 Å². The number of anilines is 1. The highest BCUT2D eigenvalue weighted by Gasteiger charge is 2.33. The summed E-state index contributed by atoms with van der Waals surface area (Å²) in [6.45, 7) is 4.71. The molecule has 1 amide bonds. The van der Waals surface area contributed by atoms with Crippen molar-refractivity contribution in [3.05, 3.63) is 68.6 Å². The number of nitrogens with zero attached hydrogens (tertiary/aromatic N) is 4. The van der Waals surface area contributed by atoms with Gasteiger partial charge in [0.1, 0.15) is 0 Å². The van der Waals surface area contributed by atoms with Crippen molar-refractivity contribution in [2.75, 3.05) is 44.9 Å². The molecule has 2 aliphatic heterocycles. The monoisotopic (exact) mass is 496 g/mol. The fraction of sp³-hybridized carbons (Fsp3) is 0.292. The van der Waals surface area contributed by atoms with Gasteiger partial charge in [-0.3, -0.25) is 19.8 Å². The molecule has 0 N–H and O–H groups in total. The molecule has 0 bridgehead atoms. The second-order valence-corrected chi connectivity index (χ2v) is 8.70. The first-order valence-electron chi connectivity index (χ1n) is 11.0. The van der Waals surface area contributed by atoms with E-state index in [0.717, 1.165) is 5.69 Å². The van der Waals surface area contributed by atoms with E-state index in [4.69, 9.17) is 9.47 Å². The first kappa shape index (κ1) is 24.4. The molecule has 35 heavy (non-hydrogen) atoms. The molecule has 182 valence electrons. The molecule has 10 nitrogen and oxygen atoms in total. The average Bonchev–Trinajstić information content (AvgIpc) is 3.17. The number of esters is 1. The van der Waals surface area contributed by atoms with E-state index in [0.29, 0.717) is 59.7 Å². The zero-order valence-corrected chi connectivity index (χ0v) is 20.1. The number of morpholine rings is 1. The molecule has 2 aromatic rings. The number of benzene rings is 2. The number of carbonyl (C=O) groups is 2. The van der Waals surface area contributed by atoms with E-state index in [2.05, 4.69) is 9.89 Å². The molecule has 0 saturated carbocycles. The largest absolute Gasteiger partial charge is 0.465 e. The third kappa shape index (κ3) is 5.36. The van der Waals surface area contributed by atoms with Crippen molar-refractivity contribution < 1.29 is 24.0 Å². The minimum atomic E-state index is -0.446. The van der Waals surface area contributed by atoms with Gasteiger partial charge >= 0.3 is 5.97 Å². The number of ether oxygens (including phenoxy) is 2. The molecule has 2 aliphatic rings. The lowest BCUT2D eigenvalue weighted by atomic mass is 10.1. The number of methoxy groups -OCH3 is 1. The Bertz CT molecular complexity index is 1200. The van der Waals surface area contributed by atoms with Crippen LogP contribution in [0.15, 0.2) is 52.4 Å². The second-order valence-electron chi connectivity index (χ2n) is 7.69. The Morgan fingerprint density at radius 1 is 1.23 bits per heavy atom. The highest BCUT2D eigenvalue weighted by Crippen LogP contribution is 2.36. The van der Waals surface area contributed by atoms with Crippen LogP contribution in [0.1, 0.15) is 22.8 Å². The van der Waals surface area contributed by atoms with Crippen LogP contribution < -0.4 is 4.90 Å². The number of amidine groups is 1. The summed E-state index contributed by atoms with van der Waals surface area (Å²) in [6.07, 6.45) is 1.69. The number of rotatable bonds is 6. The molecule has 2 fully saturated rings. The average molecular weight is 497 g/mol. The lowest BCUT2D eigenvalue weighted by molar-refractivity contribution is -0.384. The Morgan fingerprint density at radius 2 is 1.94 bits per heavy atom. The number of nitro groups is 1. The minimum absolute atomic E-state index is 0.0451. The zero-order valence-electron chi connectivity index (χ0n) is 19.3. The number of thioether (sulfide) groups is 1. The minimum Gasteiger partial charge on any atom is -0.465 e. The number of non-ortho nitro benzene ring substituents is 1. The predicted octanol–water partition coefficient (Wildman–Crippen LogP) is 3.84. The molecule has 2 aromatic carbocycles. The first-order chi connectivity index (χ1) is 16.9. The Kier molecular flexibility index (Phi) is 7.47. The van der Waals surface area contributed by atoms with Gasteiger partial charge in [-0.15, -0.1) is 0 Å². The van der Waals surface area contributed by atoms with Gasteiger partial charge in [0.05, 0.1) is 41.4 Å². The lowest BCUT2D eigenvalue weighted by Gasteiger charge is -2.30. The molecule has 0 radical (unpaired) electrons. The van der Waals surface area contributed by atoms with Gasteiger partial charge in [-0.2, -0.15) is 0 Å². The standard InChI is InChI=1S/C24H24N4O6S/c1-3-27-22(29)21(35-24(27)25-18-6-4-16(5-7-18)23(30)33-2)15-17-14-19(28(31)32)8-9-20(17)26-10-12-34-13-11-26/h4-9,14-15H,3,10-13H2,1-2H3/b21-15+,25-24?. The third-order valence-electron chi connectivity index (χ3n) is 5.58. The van der Waals surface area contributed by atoms with E-state index < -0.39 is 10.9 Å². The number of likely N-dealkylation sites (N-methyl/N-ethyl adjacent to an activating group) is 1. The van der Waals surface area contributed by atoms with Gasteiger partial charge in [0, 0.05) is 43.0 Å². The van der Waals surface area contributed by atoms with Crippen LogP contribution in [-0.2, 0) is 14.3 Å². The van der Waals surface area contributed by atoms with Crippen molar-refractivity contribution in [1.82, 2.24) is 4.90 Å². The molecule has 0 spiro atoms. The molecule has 2 saturated heterocycles. The van der Waals surface area contributed by atoms with Gasteiger partial charge in [-0.1, -0.05) is 0 Å². The van der Waals surface area contributed by atoms with E-state index in [1.165, 1.54) is 31.0 Å². The topological polar surface area (TPSA) is 115 Å². The fourth-order valence-corrected chi connectivity index (χ4v) is 4.83. The number of nitro benzene ring substituents is 1. The van der Waals surface area contributed by atoms with Gasteiger partial charge in [0.15, 0.2) is 5.17 Å². The molecule has 11 heteroatoms. The fourth-order valence-electron chi connectivity index (χ4n) is 3.78. The maximum absolute atomic E-state index is 13.2. The van der Waals surface area contributed by atoms with E-state index >= 15 is 0 Å². The molecule has 0 atom stereocenters. The Morgan fingerprint density at radius 3 is 2.57 bits per heavy atom. The van der Waals surface area contributed by atoms with E-state index in [-0.39, 0.29) is 11.6 Å². The summed E-state index contributed by atoms with van der Waals surface area (Å²) in [5.74, 6) is -0.662. The van der Waals surface area contributed by atoms with Gasteiger partial charge in [0.25, 0.3) is 11.6 Å². The van der Waals surface area contributed by atoms with E-state index in [9.17, 15) is 19.7 Å². The second kappa shape index (κ2) is 10.7. The molecule has 0 unspecified atom stereocenters. The zero-order chi connectivity index (χ0) is 24.9. The highest BCUT2D eigenvalue weighted by atomic mass is 32.2. The van der Waals surface area contributed by atoms with Crippen molar-refractivity contribution in [1.29, 1.82) is 0 Å². The quantitative estimate of drug-likeness (QED) is 0.256. The van der Waals surface area contributed by atoms with Gasteiger partial charge in [0.2, 0.25) is 0 Å². The Hall–Kier alpha value is -3.70. The van der Waals surface area contributed by atoms with Gasteiger partial charge in [-0.25, -0.2) is 9.79 Å². The van der Waals surface area contributed by atoms with Crippen LogP contribution >= 0.6 is 11.8 Å². The number of aliphatic imine (C=N–C) groups is 1. The normalized spacial score (nSPS) is 18.4. The van der Waals surface area contributed by atoms with Crippen LogP contribution in [-0.4, -0.2) is 66.8 Å². The summed E-state index contributed by atoms with van der Waals surface area (Å²) in [7, 11) is 1.32. The summed E-state index contributed by atoms with van der Waals surface area (Å²) in [5.41, 5.74) is 2.34. The van der Waals surface area contributed by atoms with Crippen LogP contribution in [0.25, 0.3) is 6.08 Å². The van der Waals surface area contributed by atoms with E-state index in [1.54, 1.807) is 41.3 Å². The molecular weight excluding hydrogens is 472 g/mol. The van der Waals surface area contributed by atoms with Crippen LogP contribution in [0.3, 0.4) is 0 Å². The van der Waals surface area contributed by atoms with E-state index in [1.807, 2.05) is 6.92 Å². The van der Waals surface area contributed by atoms with Gasteiger partial charge in [-0.05, 0) is 55.1 Å². The molecule has 0 aliphatic carbocycles. The molecule has 0 aromatic heterocycles. The lowest BCUT2D eigenvalue weighted by Crippen LogP contribution is -2.36. The highest BCUT2D eigenvalue weighted by molar-refractivity contribution is 8.18. The summed E-state index contributed by atoms with van der Waals surface area (Å²) in [6, 6.07) is 11.3. The van der Waals surface area contributed by atoms with Crippen molar-refractivity contribution in [2.45, 2.75) is 6.92 Å². The molecule has 4 rings (SSSR count). The molecule has 2 heterocycles. The summed E-state index contributed by atoms with van der Waals surface area (Å²) in [4.78, 5) is 44.4. The number of amides is 1. The Labute approximate surface area is 206 Å². The Balaban J connectivity index is 1.68. The van der Waals surface area contributed by atoms with Crippen LogP contribution in [0.4, 0.5) is 17.1 Å². The number of hydrogen-bond donors (Lipinski definition) is 0. The van der Waals surface area contributed by atoms with Crippen LogP contribution in [0.5, 0.6) is 0 Å². The predicted molar refractivity (Wildman–Crippen MR) is 134 cm³/mol. The maximum atomic E-state index is 13.2. The summed E-state index contributed by atoms with van der Waals surface area (Å²) >= 11 is 1.21. The van der Waals surface area contributed by atoms with Crippen molar-refractivity contribution in [3.8, 4) is 0 Å². The maximum Gasteiger partial charge on any atom is 0.337 e. The summed E-state index contributed by atoms with van der Waals surface area (Å²) < 4.78 is 10.1. The van der Waals surface area contributed by atoms with Gasteiger partial charge < -0.3 is 14.4 Å². The SMILES string of the molecule is CCN1C(=O)/C(=C\c2cc([N+](=O)[O-])ccc2N2CCOCC2)SC1=Nc1ccc(C(=O)OC)cc1. The first-order valence-corrected chi connectivity index (χ1v) is 11.8. The van der Waals surface area contributed by atoms with Crippen LogP contribution in [0, 0.1) is 10.1 Å². The third-order valence-corrected chi connectivity index (χ3v) is 6.58. The number of carbonyl (C=O) groups excluding carboxylic acids is 2. The van der Waals surface area contributed by atoms with Crippen molar-refractivity contribution >= 4 is 51.9 Å². The number of hydrogen-bond acceptors (Lipinski definition) is 9. The molecular formula is C24H24N4O6S. The smallest absolute Gasteiger partial charge is 0.337 e. The van der Waals surface area contributed by atoms with Crippen LogP contribution in [0.2, 0.25) is 0 Å². The summed E-state index contributed by atoms with van der Waals surface area (Å²) in [5, 5.41) is 11.9.